The Hall–Kier alpha value is -2.81. The highest BCUT2D eigenvalue weighted by molar-refractivity contribution is 5.77. The van der Waals surface area contributed by atoms with Gasteiger partial charge in [-0.3, -0.25) is 14.3 Å². The molecule has 6 nitrogen and oxygen atoms in total. The van der Waals surface area contributed by atoms with Crippen molar-refractivity contribution in [1.29, 1.82) is 0 Å². The van der Waals surface area contributed by atoms with Crippen molar-refractivity contribution >= 4 is 10.9 Å². The maximum atomic E-state index is 13.2. The van der Waals surface area contributed by atoms with Gasteiger partial charge in [0.15, 0.2) is 0 Å². The highest BCUT2D eigenvalue weighted by atomic mass is 19.4. The summed E-state index contributed by atoms with van der Waals surface area (Å²) in [6.45, 7) is -0.160. The number of likely N-dealkylation sites (tertiary alicyclic amines) is 1. The van der Waals surface area contributed by atoms with Crippen LogP contribution in [0.5, 0.6) is 0 Å². The number of aromatic nitrogens is 4. The molecule has 0 radical (unpaired) electrons. The van der Waals surface area contributed by atoms with Crippen LogP contribution in [0.1, 0.15) is 30.3 Å². The van der Waals surface area contributed by atoms with Crippen molar-refractivity contribution in [3.05, 3.63) is 64.7 Å². The largest absolute Gasteiger partial charge is 0.406 e. The van der Waals surface area contributed by atoms with Gasteiger partial charge in [0.2, 0.25) is 0 Å². The van der Waals surface area contributed by atoms with Gasteiger partial charge in [0, 0.05) is 24.5 Å². The van der Waals surface area contributed by atoms with Crippen LogP contribution in [-0.2, 0) is 13.1 Å². The number of hydrogen-bond acceptors (Lipinski definition) is 5. The third-order valence-corrected chi connectivity index (χ3v) is 4.89. The van der Waals surface area contributed by atoms with Crippen LogP contribution in [0.3, 0.4) is 0 Å². The molecular weight excluding hydrogens is 371 g/mol. The molecule has 1 atom stereocenters. The predicted molar refractivity (Wildman–Crippen MR) is 96.5 cm³/mol. The smallest absolute Gasteiger partial charge is 0.289 e. The molecule has 0 aliphatic carbocycles. The molecule has 1 unspecified atom stereocenters. The fourth-order valence-electron chi connectivity index (χ4n) is 3.73. The molecule has 0 N–H and O–H groups in total. The van der Waals surface area contributed by atoms with Crippen LogP contribution in [0, 0.1) is 0 Å². The Labute approximate surface area is 158 Å². The van der Waals surface area contributed by atoms with E-state index in [9.17, 15) is 18.0 Å². The topological polar surface area (TPSA) is 63.9 Å². The van der Waals surface area contributed by atoms with Gasteiger partial charge in [0.25, 0.3) is 5.56 Å². The molecule has 3 aromatic rings. The lowest BCUT2D eigenvalue weighted by Gasteiger charge is -2.26. The van der Waals surface area contributed by atoms with Crippen molar-refractivity contribution in [2.45, 2.75) is 38.1 Å². The van der Waals surface area contributed by atoms with Crippen LogP contribution in [0.25, 0.3) is 10.9 Å². The molecule has 0 saturated carbocycles. The number of halogens is 3. The second kappa shape index (κ2) is 7.31. The van der Waals surface area contributed by atoms with E-state index in [1.807, 2.05) is 4.90 Å². The van der Waals surface area contributed by atoms with Crippen LogP contribution in [-0.4, -0.2) is 37.1 Å². The van der Waals surface area contributed by atoms with Crippen LogP contribution in [0.4, 0.5) is 13.2 Å². The zero-order chi connectivity index (χ0) is 19.7. The Morgan fingerprint density at radius 3 is 2.64 bits per heavy atom. The van der Waals surface area contributed by atoms with E-state index in [2.05, 4.69) is 15.0 Å². The minimum Gasteiger partial charge on any atom is -0.289 e. The summed E-state index contributed by atoms with van der Waals surface area (Å²) in [4.78, 5) is 27.3. The number of alkyl halides is 3. The predicted octanol–water partition coefficient (Wildman–Crippen LogP) is 3.09. The molecule has 0 bridgehead atoms. The van der Waals surface area contributed by atoms with Gasteiger partial charge >= 0.3 is 6.18 Å². The molecule has 1 aromatic carbocycles. The molecule has 4 rings (SSSR count). The summed E-state index contributed by atoms with van der Waals surface area (Å²) >= 11 is 0. The first-order chi connectivity index (χ1) is 13.4. The second-order valence-electron chi connectivity index (χ2n) is 6.87. The van der Waals surface area contributed by atoms with Gasteiger partial charge in [-0.1, -0.05) is 12.1 Å². The third kappa shape index (κ3) is 3.75. The van der Waals surface area contributed by atoms with Crippen molar-refractivity contribution in [1.82, 2.24) is 24.4 Å². The first kappa shape index (κ1) is 18.5. The fourth-order valence-corrected chi connectivity index (χ4v) is 3.73. The lowest BCUT2D eigenvalue weighted by Crippen LogP contribution is -2.35. The van der Waals surface area contributed by atoms with E-state index in [1.165, 1.54) is 12.4 Å². The van der Waals surface area contributed by atoms with Crippen LogP contribution < -0.4 is 5.56 Å². The van der Waals surface area contributed by atoms with E-state index in [1.54, 1.807) is 30.6 Å². The summed E-state index contributed by atoms with van der Waals surface area (Å²) in [7, 11) is 0. The number of nitrogens with zero attached hydrogens (tertiary/aromatic N) is 5. The third-order valence-electron chi connectivity index (χ3n) is 4.89. The number of para-hydroxylation sites is 1. The zero-order valence-electron chi connectivity index (χ0n) is 14.9. The van der Waals surface area contributed by atoms with Crippen LogP contribution in [0.2, 0.25) is 0 Å². The maximum Gasteiger partial charge on any atom is 0.406 e. The molecule has 1 aliphatic rings. The van der Waals surface area contributed by atoms with Gasteiger partial charge in [-0.15, -0.1) is 0 Å². The molecule has 1 aliphatic heterocycles. The second-order valence-corrected chi connectivity index (χ2v) is 6.87. The van der Waals surface area contributed by atoms with Crippen molar-refractivity contribution in [3.63, 3.8) is 0 Å². The standard InChI is InChI=1S/C19H18F3N5O/c20-19(21,22)11-27-17(25-15-5-2-1-4-14(15)18(27)28)16-6-3-7-26(16)10-13-8-23-12-24-9-13/h1-2,4-5,8-9,12,16H,3,6-7,10-11H2. The molecule has 3 heterocycles. The van der Waals surface area contributed by atoms with Crippen LogP contribution in [0.15, 0.2) is 47.8 Å². The highest BCUT2D eigenvalue weighted by Gasteiger charge is 2.35. The summed E-state index contributed by atoms with van der Waals surface area (Å²) in [5.41, 5.74) is 0.614. The SMILES string of the molecule is O=c1c2ccccc2nc(C2CCCN2Cc2cncnc2)n1CC(F)(F)F. The Morgan fingerprint density at radius 2 is 1.89 bits per heavy atom. The zero-order valence-corrected chi connectivity index (χ0v) is 14.9. The van der Waals surface area contributed by atoms with Gasteiger partial charge < -0.3 is 0 Å². The van der Waals surface area contributed by atoms with Crippen molar-refractivity contribution in [2.75, 3.05) is 6.54 Å². The number of hydrogen-bond donors (Lipinski definition) is 0. The van der Waals surface area contributed by atoms with Gasteiger partial charge in [-0.25, -0.2) is 15.0 Å². The number of benzene rings is 1. The van der Waals surface area contributed by atoms with Crippen LogP contribution >= 0.6 is 0 Å². The Morgan fingerprint density at radius 1 is 1.14 bits per heavy atom. The first-order valence-electron chi connectivity index (χ1n) is 8.96. The summed E-state index contributed by atoms with van der Waals surface area (Å²) in [5, 5.41) is 0.191. The fraction of sp³-hybridized carbons (Fsp3) is 0.368. The van der Waals surface area contributed by atoms with Crippen molar-refractivity contribution in [2.24, 2.45) is 0 Å². The van der Waals surface area contributed by atoms with E-state index >= 15 is 0 Å². The van der Waals surface area contributed by atoms with Gasteiger partial charge in [0.1, 0.15) is 18.7 Å². The monoisotopic (exact) mass is 389 g/mol. The minimum absolute atomic E-state index is 0.162. The van der Waals surface area contributed by atoms with Crippen molar-refractivity contribution in [3.8, 4) is 0 Å². The molecule has 0 amide bonds. The van der Waals surface area contributed by atoms with E-state index in [4.69, 9.17) is 0 Å². The van der Waals surface area contributed by atoms with E-state index in [0.29, 0.717) is 25.0 Å². The number of rotatable bonds is 4. The lowest BCUT2D eigenvalue weighted by molar-refractivity contribution is -0.142. The molecule has 28 heavy (non-hydrogen) atoms. The quantitative estimate of drug-likeness (QED) is 0.686. The summed E-state index contributed by atoms with van der Waals surface area (Å²) in [6, 6.07) is 6.14. The average Bonchev–Trinajstić information content (AvgIpc) is 3.12. The minimum atomic E-state index is -4.51. The maximum absolute atomic E-state index is 13.2. The molecule has 0 spiro atoms. The van der Waals surface area contributed by atoms with E-state index in [0.717, 1.165) is 16.6 Å². The normalized spacial score (nSPS) is 18.0. The molecule has 1 saturated heterocycles. The molecular formula is C19H18F3N5O. The Kier molecular flexibility index (Phi) is 4.84. The molecule has 2 aromatic heterocycles. The summed E-state index contributed by atoms with van der Waals surface area (Å²) in [5.74, 6) is 0.162. The first-order valence-corrected chi connectivity index (χ1v) is 8.96. The molecule has 1 fully saturated rings. The average molecular weight is 389 g/mol. The van der Waals surface area contributed by atoms with E-state index in [-0.39, 0.29) is 17.3 Å². The van der Waals surface area contributed by atoms with Crippen molar-refractivity contribution < 1.29 is 13.2 Å². The van der Waals surface area contributed by atoms with E-state index < -0.39 is 18.3 Å². The van der Waals surface area contributed by atoms with Gasteiger partial charge in [-0.05, 0) is 31.5 Å². The summed E-state index contributed by atoms with van der Waals surface area (Å²) in [6.07, 6.45) is 1.72. The molecule has 9 heteroatoms. The highest BCUT2D eigenvalue weighted by Crippen LogP contribution is 2.33. The molecule has 146 valence electrons. The van der Waals surface area contributed by atoms with Gasteiger partial charge in [0.05, 0.1) is 16.9 Å². The lowest BCUT2D eigenvalue weighted by atomic mass is 10.1. The van der Waals surface area contributed by atoms with Gasteiger partial charge in [-0.2, -0.15) is 13.2 Å². The number of fused-ring (bicyclic) bond motifs is 1. The Balaban J connectivity index is 1.79. The summed E-state index contributed by atoms with van der Waals surface area (Å²) < 4.78 is 40.4. The Bertz CT molecular complexity index is 1040.